The highest BCUT2D eigenvalue weighted by Crippen LogP contribution is 2.20. The number of halogens is 1. The second-order valence-corrected chi connectivity index (χ2v) is 4.86. The van der Waals surface area contributed by atoms with Crippen molar-refractivity contribution in [3.05, 3.63) is 58.7 Å². The smallest absolute Gasteiger partial charge is 0.255 e. The van der Waals surface area contributed by atoms with E-state index in [9.17, 15) is 4.79 Å². The summed E-state index contributed by atoms with van der Waals surface area (Å²) in [6.45, 7) is 0.547. The summed E-state index contributed by atoms with van der Waals surface area (Å²) in [5.41, 5.74) is 1.56. The molecule has 2 aromatic rings. The van der Waals surface area contributed by atoms with Crippen LogP contribution in [-0.2, 0) is 6.54 Å². The van der Waals surface area contributed by atoms with Gasteiger partial charge in [0.25, 0.3) is 5.91 Å². The number of amides is 1. The van der Waals surface area contributed by atoms with Crippen LogP contribution in [0.15, 0.2) is 42.6 Å². The molecule has 104 valence electrons. The lowest BCUT2D eigenvalue weighted by molar-refractivity contribution is 0.0784. The Bertz CT molecular complexity index is 601. The highest BCUT2D eigenvalue weighted by molar-refractivity contribution is 6.33. The maximum atomic E-state index is 12.3. The highest BCUT2D eigenvalue weighted by Gasteiger charge is 2.14. The fraction of sp³-hybridized carbons (Fsp3) is 0.200. The van der Waals surface area contributed by atoms with Crippen molar-refractivity contribution in [2.45, 2.75) is 6.54 Å². The van der Waals surface area contributed by atoms with Gasteiger partial charge in [-0.25, -0.2) is 4.98 Å². The number of nitrogens with zero attached hydrogens (tertiary/aromatic N) is 2. The summed E-state index contributed by atoms with van der Waals surface area (Å²) in [4.78, 5) is 18.1. The summed E-state index contributed by atoms with van der Waals surface area (Å²) in [7, 11) is 3.49. The Labute approximate surface area is 123 Å². The van der Waals surface area contributed by atoms with E-state index in [1.165, 1.54) is 6.20 Å². The molecule has 0 saturated carbocycles. The van der Waals surface area contributed by atoms with Crippen LogP contribution in [0, 0.1) is 0 Å². The normalized spacial score (nSPS) is 10.2. The summed E-state index contributed by atoms with van der Waals surface area (Å²) in [6.07, 6.45) is 1.53. The standard InChI is InChI=1S/C15H16ClN3O/c1-17-14-13(16)8-12(9-18-14)15(20)19(2)10-11-6-4-3-5-7-11/h3-9H,10H2,1-2H3,(H,17,18). The minimum absolute atomic E-state index is 0.106. The predicted molar refractivity (Wildman–Crippen MR) is 81.0 cm³/mol. The molecule has 1 aromatic heterocycles. The minimum Gasteiger partial charge on any atom is -0.372 e. The van der Waals surface area contributed by atoms with E-state index in [0.717, 1.165) is 5.56 Å². The van der Waals surface area contributed by atoms with Gasteiger partial charge in [0.2, 0.25) is 0 Å². The summed E-state index contributed by atoms with van der Waals surface area (Å²) in [5.74, 6) is 0.458. The summed E-state index contributed by atoms with van der Waals surface area (Å²) in [5, 5.41) is 3.30. The zero-order valence-electron chi connectivity index (χ0n) is 11.4. The molecular formula is C15H16ClN3O. The van der Waals surface area contributed by atoms with Crippen LogP contribution in [0.1, 0.15) is 15.9 Å². The van der Waals surface area contributed by atoms with Crippen LogP contribution < -0.4 is 5.32 Å². The number of hydrogen-bond acceptors (Lipinski definition) is 3. The lowest BCUT2D eigenvalue weighted by atomic mass is 10.2. The van der Waals surface area contributed by atoms with E-state index < -0.39 is 0 Å². The molecule has 1 N–H and O–H groups in total. The number of nitrogens with one attached hydrogen (secondary N) is 1. The van der Waals surface area contributed by atoms with Gasteiger partial charge in [0, 0.05) is 26.8 Å². The molecule has 1 amide bonds. The topological polar surface area (TPSA) is 45.2 Å². The van der Waals surface area contributed by atoms with Crippen LogP contribution in [0.5, 0.6) is 0 Å². The first-order valence-electron chi connectivity index (χ1n) is 6.24. The Hall–Kier alpha value is -2.07. The molecule has 20 heavy (non-hydrogen) atoms. The first-order valence-corrected chi connectivity index (χ1v) is 6.62. The lowest BCUT2D eigenvalue weighted by Crippen LogP contribution is -2.26. The molecule has 0 aliphatic heterocycles. The van der Waals surface area contributed by atoms with Crippen molar-refractivity contribution in [1.29, 1.82) is 0 Å². The number of anilines is 1. The number of carbonyl (C=O) groups is 1. The molecule has 0 aliphatic carbocycles. The van der Waals surface area contributed by atoms with Gasteiger partial charge in [0.05, 0.1) is 10.6 Å². The summed E-state index contributed by atoms with van der Waals surface area (Å²) < 4.78 is 0. The van der Waals surface area contributed by atoms with E-state index in [2.05, 4.69) is 10.3 Å². The maximum absolute atomic E-state index is 12.3. The number of pyridine rings is 1. The van der Waals surface area contributed by atoms with Crippen molar-refractivity contribution in [3.63, 3.8) is 0 Å². The molecule has 0 radical (unpaired) electrons. The molecule has 2 rings (SSSR count). The van der Waals surface area contributed by atoms with Gasteiger partial charge in [-0.3, -0.25) is 4.79 Å². The monoisotopic (exact) mass is 289 g/mol. The average Bonchev–Trinajstić information content (AvgIpc) is 2.47. The SMILES string of the molecule is CNc1ncc(C(=O)N(C)Cc2ccccc2)cc1Cl. The van der Waals surface area contributed by atoms with Crippen LogP contribution in [0.2, 0.25) is 5.02 Å². The van der Waals surface area contributed by atoms with Gasteiger partial charge in [-0.1, -0.05) is 41.9 Å². The van der Waals surface area contributed by atoms with E-state index in [4.69, 9.17) is 11.6 Å². The van der Waals surface area contributed by atoms with E-state index in [0.29, 0.717) is 22.9 Å². The number of carbonyl (C=O) groups excluding carboxylic acids is 1. The molecule has 0 spiro atoms. The van der Waals surface area contributed by atoms with Gasteiger partial charge in [-0.2, -0.15) is 0 Å². The fourth-order valence-electron chi connectivity index (χ4n) is 1.89. The molecule has 1 heterocycles. The van der Waals surface area contributed by atoms with E-state index in [-0.39, 0.29) is 5.91 Å². The molecule has 0 atom stereocenters. The molecule has 0 saturated heterocycles. The number of benzene rings is 1. The Kier molecular flexibility index (Phi) is 4.58. The number of aromatic nitrogens is 1. The van der Waals surface area contributed by atoms with Gasteiger partial charge < -0.3 is 10.2 Å². The number of rotatable bonds is 4. The van der Waals surface area contributed by atoms with E-state index >= 15 is 0 Å². The van der Waals surface area contributed by atoms with E-state index in [1.54, 1.807) is 25.1 Å². The van der Waals surface area contributed by atoms with Crippen molar-refractivity contribution >= 4 is 23.3 Å². The van der Waals surface area contributed by atoms with Crippen LogP contribution in [-0.4, -0.2) is 29.9 Å². The summed E-state index contributed by atoms with van der Waals surface area (Å²) >= 11 is 6.04. The van der Waals surface area contributed by atoms with Gasteiger partial charge in [0.1, 0.15) is 5.82 Å². The van der Waals surface area contributed by atoms with Gasteiger partial charge in [-0.15, -0.1) is 0 Å². The van der Waals surface area contributed by atoms with E-state index in [1.807, 2.05) is 30.3 Å². The Morgan fingerprint density at radius 3 is 2.65 bits per heavy atom. The van der Waals surface area contributed by atoms with Crippen LogP contribution >= 0.6 is 11.6 Å². The first-order chi connectivity index (χ1) is 9.61. The molecular weight excluding hydrogens is 274 g/mol. The molecule has 0 aliphatic rings. The van der Waals surface area contributed by atoms with Gasteiger partial charge in [0.15, 0.2) is 0 Å². The third-order valence-electron chi connectivity index (χ3n) is 2.93. The van der Waals surface area contributed by atoms with Crippen LogP contribution in [0.25, 0.3) is 0 Å². The largest absolute Gasteiger partial charge is 0.372 e. The predicted octanol–water partition coefficient (Wildman–Crippen LogP) is 3.05. The van der Waals surface area contributed by atoms with Crippen molar-refractivity contribution in [2.75, 3.05) is 19.4 Å². The Morgan fingerprint density at radius 1 is 1.35 bits per heavy atom. The second-order valence-electron chi connectivity index (χ2n) is 4.45. The zero-order chi connectivity index (χ0) is 14.5. The zero-order valence-corrected chi connectivity index (χ0v) is 12.2. The third kappa shape index (κ3) is 3.27. The van der Waals surface area contributed by atoms with Crippen LogP contribution in [0.3, 0.4) is 0 Å². The van der Waals surface area contributed by atoms with Crippen molar-refractivity contribution in [2.24, 2.45) is 0 Å². The average molecular weight is 290 g/mol. The molecule has 0 unspecified atom stereocenters. The highest BCUT2D eigenvalue weighted by atomic mass is 35.5. The van der Waals surface area contributed by atoms with Crippen molar-refractivity contribution < 1.29 is 4.79 Å². The second kappa shape index (κ2) is 6.39. The first kappa shape index (κ1) is 14.3. The third-order valence-corrected chi connectivity index (χ3v) is 3.22. The number of hydrogen-bond donors (Lipinski definition) is 1. The molecule has 0 bridgehead atoms. The molecule has 4 nitrogen and oxygen atoms in total. The quantitative estimate of drug-likeness (QED) is 0.941. The molecule has 5 heteroatoms. The van der Waals surface area contributed by atoms with Crippen molar-refractivity contribution in [3.8, 4) is 0 Å². The fourth-order valence-corrected chi connectivity index (χ4v) is 2.15. The summed E-state index contributed by atoms with van der Waals surface area (Å²) in [6, 6.07) is 11.5. The maximum Gasteiger partial charge on any atom is 0.255 e. The van der Waals surface area contributed by atoms with Crippen molar-refractivity contribution in [1.82, 2.24) is 9.88 Å². The molecule has 0 fully saturated rings. The lowest BCUT2D eigenvalue weighted by Gasteiger charge is -2.17. The minimum atomic E-state index is -0.106. The Balaban J connectivity index is 2.12. The van der Waals surface area contributed by atoms with Gasteiger partial charge >= 0.3 is 0 Å². The van der Waals surface area contributed by atoms with Gasteiger partial charge in [-0.05, 0) is 11.6 Å². The van der Waals surface area contributed by atoms with Crippen LogP contribution in [0.4, 0.5) is 5.82 Å². The molecule has 1 aromatic carbocycles. The Morgan fingerprint density at radius 2 is 2.05 bits per heavy atom.